The van der Waals surface area contributed by atoms with Gasteiger partial charge in [0, 0.05) is 0 Å². The lowest BCUT2D eigenvalue weighted by Gasteiger charge is -2.20. The van der Waals surface area contributed by atoms with Crippen molar-refractivity contribution in [3.05, 3.63) is 35.9 Å². The number of carbonyl (C=O) groups is 1. The van der Waals surface area contributed by atoms with E-state index in [0.29, 0.717) is 12.0 Å². The lowest BCUT2D eigenvalue weighted by molar-refractivity contribution is -0.140. The first kappa shape index (κ1) is 15.7. The molecule has 0 unspecified atom stereocenters. The highest BCUT2D eigenvalue weighted by atomic mass is 32.2. The van der Waals surface area contributed by atoms with Crippen LogP contribution < -0.4 is 4.72 Å². The summed E-state index contributed by atoms with van der Waals surface area (Å²) >= 11 is 0. The average Bonchev–Trinajstić information content (AvgIpc) is 2.35. The summed E-state index contributed by atoms with van der Waals surface area (Å²) in [6, 6.07) is 7.58. The maximum Gasteiger partial charge on any atom is 0.322 e. The van der Waals surface area contributed by atoms with Gasteiger partial charge >= 0.3 is 5.97 Å². The van der Waals surface area contributed by atoms with Gasteiger partial charge in [0.2, 0.25) is 10.0 Å². The first-order valence-electron chi connectivity index (χ1n) is 6.12. The van der Waals surface area contributed by atoms with Crippen molar-refractivity contribution in [2.45, 2.75) is 32.1 Å². The Balaban J connectivity index is 2.80. The van der Waals surface area contributed by atoms with Crippen molar-refractivity contribution in [1.82, 2.24) is 4.72 Å². The Morgan fingerprint density at radius 1 is 1.32 bits per heavy atom. The Morgan fingerprint density at radius 2 is 1.89 bits per heavy atom. The molecule has 1 aromatic carbocycles. The van der Waals surface area contributed by atoms with Gasteiger partial charge in [-0.05, 0) is 11.5 Å². The zero-order chi connectivity index (χ0) is 14.5. The first-order chi connectivity index (χ1) is 8.85. The molecule has 0 aliphatic rings. The summed E-state index contributed by atoms with van der Waals surface area (Å²) in [5, 5.41) is 9.08. The second kappa shape index (κ2) is 6.68. The predicted molar refractivity (Wildman–Crippen MR) is 73.1 cm³/mol. The van der Waals surface area contributed by atoms with Gasteiger partial charge in [0.15, 0.2) is 0 Å². The van der Waals surface area contributed by atoms with E-state index in [2.05, 4.69) is 4.72 Å². The molecule has 106 valence electrons. The Labute approximate surface area is 113 Å². The van der Waals surface area contributed by atoms with E-state index >= 15 is 0 Å². The summed E-state index contributed by atoms with van der Waals surface area (Å²) in [5.41, 5.74) is 0.628. The summed E-state index contributed by atoms with van der Waals surface area (Å²) in [4.78, 5) is 11.1. The molecule has 0 saturated carbocycles. The van der Waals surface area contributed by atoms with Crippen LogP contribution in [-0.4, -0.2) is 25.5 Å². The van der Waals surface area contributed by atoms with Gasteiger partial charge < -0.3 is 5.11 Å². The molecule has 0 aliphatic carbocycles. The van der Waals surface area contributed by atoms with Gasteiger partial charge in [0.25, 0.3) is 0 Å². The van der Waals surface area contributed by atoms with Crippen LogP contribution in [0.5, 0.6) is 0 Å². The van der Waals surface area contributed by atoms with Crippen LogP contribution in [0.25, 0.3) is 0 Å². The summed E-state index contributed by atoms with van der Waals surface area (Å²) in [5.74, 6) is -1.62. The number of hydrogen-bond acceptors (Lipinski definition) is 3. The molecule has 0 fully saturated rings. The second-order valence-electron chi connectivity index (χ2n) is 4.56. The van der Waals surface area contributed by atoms with E-state index in [-0.39, 0.29) is 11.7 Å². The van der Waals surface area contributed by atoms with E-state index in [0.717, 1.165) is 0 Å². The minimum atomic E-state index is -3.66. The second-order valence-corrected chi connectivity index (χ2v) is 6.32. The minimum absolute atomic E-state index is 0.214. The Bertz CT molecular complexity index is 513. The number of carboxylic acid groups (broad SMARTS) is 1. The molecule has 0 bridgehead atoms. The van der Waals surface area contributed by atoms with Gasteiger partial charge in [0.05, 0.1) is 5.75 Å². The van der Waals surface area contributed by atoms with Gasteiger partial charge in [-0.15, -0.1) is 0 Å². The number of hydrogen-bond donors (Lipinski definition) is 2. The molecule has 0 aromatic heterocycles. The Hall–Kier alpha value is -1.40. The van der Waals surface area contributed by atoms with Crippen molar-refractivity contribution < 1.29 is 18.3 Å². The molecule has 0 aliphatic heterocycles. The maximum absolute atomic E-state index is 12.0. The van der Waals surface area contributed by atoms with Crippen molar-refractivity contribution in [3.63, 3.8) is 0 Å². The summed E-state index contributed by atoms with van der Waals surface area (Å²) in [7, 11) is -3.66. The first-order valence-corrected chi connectivity index (χ1v) is 7.77. The highest BCUT2D eigenvalue weighted by Gasteiger charge is 2.28. The Morgan fingerprint density at radius 3 is 2.37 bits per heavy atom. The van der Waals surface area contributed by atoms with Crippen molar-refractivity contribution >= 4 is 16.0 Å². The normalized spacial score (nSPS) is 14.8. The highest BCUT2D eigenvalue weighted by Crippen LogP contribution is 2.11. The lowest BCUT2D eigenvalue weighted by Crippen LogP contribution is -2.45. The number of carboxylic acids is 1. The van der Waals surface area contributed by atoms with Crippen LogP contribution in [0.4, 0.5) is 0 Å². The van der Waals surface area contributed by atoms with Crippen LogP contribution in [0.15, 0.2) is 30.3 Å². The minimum Gasteiger partial charge on any atom is -0.480 e. The largest absolute Gasteiger partial charge is 0.480 e. The molecule has 1 aromatic rings. The lowest BCUT2D eigenvalue weighted by atomic mass is 10.0. The number of nitrogens with one attached hydrogen (secondary N) is 1. The molecule has 0 amide bonds. The molecular weight excluding hydrogens is 266 g/mol. The van der Waals surface area contributed by atoms with Crippen molar-refractivity contribution in [2.75, 3.05) is 0 Å². The third-order valence-corrected chi connectivity index (χ3v) is 4.31. The molecular formula is C13H19NO4S. The third kappa shape index (κ3) is 5.00. The van der Waals surface area contributed by atoms with Crippen LogP contribution in [0.2, 0.25) is 0 Å². The molecule has 0 radical (unpaired) electrons. The van der Waals surface area contributed by atoms with E-state index in [1.54, 1.807) is 37.3 Å². The van der Waals surface area contributed by atoms with E-state index in [4.69, 9.17) is 5.11 Å². The number of sulfonamides is 1. The molecule has 19 heavy (non-hydrogen) atoms. The van der Waals surface area contributed by atoms with Gasteiger partial charge in [-0.1, -0.05) is 50.6 Å². The number of benzene rings is 1. The van der Waals surface area contributed by atoms with Gasteiger partial charge in [0.1, 0.15) is 6.04 Å². The molecule has 6 heteroatoms. The fraction of sp³-hybridized carbons (Fsp3) is 0.462. The standard InChI is InChI=1S/C13H19NO4S/c1-3-10(2)12(13(15)16)14-19(17,18)9-11-7-5-4-6-8-11/h4-8,10,12,14H,3,9H2,1-2H3,(H,15,16)/t10-,12+/m0/s1. The fourth-order valence-electron chi connectivity index (χ4n) is 1.67. The van der Waals surface area contributed by atoms with Crippen LogP contribution in [0.3, 0.4) is 0 Å². The van der Waals surface area contributed by atoms with Crippen molar-refractivity contribution in [3.8, 4) is 0 Å². The molecule has 0 heterocycles. The van der Waals surface area contributed by atoms with E-state index < -0.39 is 22.0 Å². The zero-order valence-electron chi connectivity index (χ0n) is 11.0. The SMILES string of the molecule is CC[C@H](C)[C@@H](NS(=O)(=O)Cc1ccccc1)C(=O)O. The predicted octanol–water partition coefficient (Wildman–Crippen LogP) is 1.61. The van der Waals surface area contributed by atoms with Crippen LogP contribution >= 0.6 is 0 Å². The maximum atomic E-state index is 12.0. The number of rotatable bonds is 7. The summed E-state index contributed by atoms with van der Waals surface area (Å²) in [6.07, 6.45) is 0.588. The summed E-state index contributed by atoms with van der Waals surface area (Å²) < 4.78 is 26.2. The van der Waals surface area contributed by atoms with Gasteiger partial charge in [-0.2, -0.15) is 0 Å². The van der Waals surface area contributed by atoms with E-state index in [9.17, 15) is 13.2 Å². The highest BCUT2D eigenvalue weighted by molar-refractivity contribution is 7.88. The van der Waals surface area contributed by atoms with Crippen molar-refractivity contribution in [2.24, 2.45) is 5.92 Å². The van der Waals surface area contributed by atoms with E-state index in [1.807, 2.05) is 6.92 Å². The molecule has 1 rings (SSSR count). The van der Waals surface area contributed by atoms with Crippen LogP contribution in [0.1, 0.15) is 25.8 Å². The van der Waals surface area contributed by atoms with Crippen LogP contribution in [-0.2, 0) is 20.6 Å². The van der Waals surface area contributed by atoms with Gasteiger partial charge in [-0.3, -0.25) is 4.79 Å². The smallest absolute Gasteiger partial charge is 0.322 e. The average molecular weight is 285 g/mol. The van der Waals surface area contributed by atoms with Gasteiger partial charge in [-0.25, -0.2) is 13.1 Å². The summed E-state index contributed by atoms with van der Waals surface area (Å²) in [6.45, 7) is 3.54. The quantitative estimate of drug-likeness (QED) is 0.797. The zero-order valence-corrected chi connectivity index (χ0v) is 11.9. The molecule has 2 N–H and O–H groups in total. The fourth-order valence-corrected chi connectivity index (χ4v) is 3.11. The molecule has 0 saturated heterocycles. The molecule has 5 nitrogen and oxygen atoms in total. The monoisotopic (exact) mass is 285 g/mol. The van der Waals surface area contributed by atoms with Crippen LogP contribution in [0, 0.1) is 5.92 Å². The van der Waals surface area contributed by atoms with Crippen molar-refractivity contribution in [1.29, 1.82) is 0 Å². The topological polar surface area (TPSA) is 83.5 Å². The third-order valence-electron chi connectivity index (χ3n) is 2.99. The molecule has 2 atom stereocenters. The van der Waals surface area contributed by atoms with E-state index in [1.165, 1.54) is 0 Å². The number of aliphatic carboxylic acids is 1. The molecule has 0 spiro atoms. The Kier molecular flexibility index (Phi) is 5.50.